The van der Waals surface area contributed by atoms with E-state index in [9.17, 15) is 13.2 Å². The van der Waals surface area contributed by atoms with Crippen LogP contribution in [0.1, 0.15) is 46.7 Å². The van der Waals surface area contributed by atoms with Gasteiger partial charge in [0.15, 0.2) is 0 Å². The molecule has 5 nitrogen and oxygen atoms in total. The number of amides is 1. The molecular weight excluding hydrogens is 432 g/mol. The van der Waals surface area contributed by atoms with Crippen molar-refractivity contribution in [3.63, 3.8) is 0 Å². The molecule has 0 saturated carbocycles. The SMILES string of the molecule is Cc1ccc(S(=O)(=O)NC2CCC(=O)N(C3c4ccccc4CCc4ccccc43)C2)cc1. The molecule has 1 aliphatic heterocycles. The molecule has 1 heterocycles. The summed E-state index contributed by atoms with van der Waals surface area (Å²) in [6.07, 6.45) is 2.67. The van der Waals surface area contributed by atoms with Gasteiger partial charge in [-0.3, -0.25) is 4.79 Å². The lowest BCUT2D eigenvalue weighted by Gasteiger charge is -2.39. The first-order valence-electron chi connectivity index (χ1n) is 11.5. The molecule has 0 spiro atoms. The number of fused-ring (bicyclic) bond motifs is 2. The molecule has 0 radical (unpaired) electrons. The van der Waals surface area contributed by atoms with Crippen LogP contribution in [0.5, 0.6) is 0 Å². The summed E-state index contributed by atoms with van der Waals surface area (Å²) in [4.78, 5) is 15.3. The maximum atomic E-state index is 13.2. The van der Waals surface area contributed by atoms with Crippen molar-refractivity contribution in [2.75, 3.05) is 6.54 Å². The highest BCUT2D eigenvalue weighted by Crippen LogP contribution is 2.38. The number of hydrogen-bond acceptors (Lipinski definition) is 3. The first kappa shape index (κ1) is 21.9. The van der Waals surface area contributed by atoms with E-state index in [0.29, 0.717) is 19.4 Å². The maximum Gasteiger partial charge on any atom is 0.240 e. The largest absolute Gasteiger partial charge is 0.330 e. The van der Waals surface area contributed by atoms with E-state index in [1.807, 2.05) is 36.1 Å². The predicted octanol–water partition coefficient (Wildman–Crippen LogP) is 4.15. The Morgan fingerprint density at radius 2 is 1.39 bits per heavy atom. The predicted molar refractivity (Wildman–Crippen MR) is 128 cm³/mol. The number of nitrogens with one attached hydrogen (secondary N) is 1. The molecule has 33 heavy (non-hydrogen) atoms. The number of piperidine rings is 1. The summed E-state index contributed by atoms with van der Waals surface area (Å²) >= 11 is 0. The second-order valence-corrected chi connectivity index (χ2v) is 10.7. The Kier molecular flexibility index (Phi) is 5.81. The molecular formula is C27H28N2O3S. The van der Waals surface area contributed by atoms with Crippen molar-refractivity contribution in [2.45, 2.75) is 49.6 Å². The summed E-state index contributed by atoms with van der Waals surface area (Å²) in [6.45, 7) is 2.27. The Hall–Kier alpha value is -2.96. The lowest BCUT2D eigenvalue weighted by Crippen LogP contribution is -2.51. The fourth-order valence-corrected chi connectivity index (χ4v) is 6.31. The van der Waals surface area contributed by atoms with Gasteiger partial charge < -0.3 is 4.90 Å². The minimum atomic E-state index is -3.66. The molecule has 1 unspecified atom stereocenters. The van der Waals surface area contributed by atoms with E-state index < -0.39 is 10.0 Å². The van der Waals surface area contributed by atoms with Crippen LogP contribution in [-0.2, 0) is 27.7 Å². The van der Waals surface area contributed by atoms with Crippen molar-refractivity contribution >= 4 is 15.9 Å². The second kappa shape index (κ2) is 8.76. The Balaban J connectivity index is 1.48. The van der Waals surface area contributed by atoms with Crippen LogP contribution in [-0.4, -0.2) is 31.8 Å². The van der Waals surface area contributed by atoms with Crippen molar-refractivity contribution in [2.24, 2.45) is 0 Å². The molecule has 2 aliphatic rings. The standard InChI is InChI=1S/C27H28N2O3S/c1-19-10-15-23(16-11-19)33(31,32)28-22-14-17-26(30)29(18-22)27-24-8-4-2-6-20(24)12-13-21-7-3-5-9-25(21)27/h2-11,15-16,22,27-28H,12-14,17-18H2,1H3. The van der Waals surface area contributed by atoms with Gasteiger partial charge in [0.1, 0.15) is 0 Å². The number of nitrogens with zero attached hydrogens (tertiary/aromatic N) is 1. The normalized spacial score (nSPS) is 19.0. The van der Waals surface area contributed by atoms with Crippen LogP contribution < -0.4 is 4.72 Å². The molecule has 5 rings (SSSR count). The first-order valence-corrected chi connectivity index (χ1v) is 12.9. The Bertz CT molecular complexity index is 1240. The lowest BCUT2D eigenvalue weighted by atomic mass is 9.91. The van der Waals surface area contributed by atoms with Gasteiger partial charge in [0.2, 0.25) is 15.9 Å². The molecule has 1 fully saturated rings. The Morgan fingerprint density at radius 3 is 2.00 bits per heavy atom. The van der Waals surface area contributed by atoms with Crippen molar-refractivity contribution in [3.8, 4) is 0 Å². The highest BCUT2D eigenvalue weighted by molar-refractivity contribution is 7.89. The lowest BCUT2D eigenvalue weighted by molar-refractivity contribution is -0.135. The first-order chi connectivity index (χ1) is 15.9. The summed E-state index contributed by atoms with van der Waals surface area (Å²) < 4.78 is 28.9. The Labute approximate surface area is 195 Å². The topological polar surface area (TPSA) is 66.5 Å². The highest BCUT2D eigenvalue weighted by Gasteiger charge is 2.36. The van der Waals surface area contributed by atoms with Gasteiger partial charge in [0.05, 0.1) is 10.9 Å². The van der Waals surface area contributed by atoms with E-state index in [0.717, 1.165) is 29.5 Å². The zero-order valence-corrected chi connectivity index (χ0v) is 19.5. The number of carbonyl (C=O) groups is 1. The quantitative estimate of drug-likeness (QED) is 0.636. The number of hydrogen-bond donors (Lipinski definition) is 1. The van der Waals surface area contributed by atoms with E-state index in [-0.39, 0.29) is 22.9 Å². The molecule has 1 amide bonds. The number of benzene rings is 3. The van der Waals surface area contributed by atoms with Gasteiger partial charge in [0, 0.05) is 19.0 Å². The monoisotopic (exact) mass is 460 g/mol. The second-order valence-electron chi connectivity index (χ2n) is 9.02. The maximum absolute atomic E-state index is 13.2. The molecule has 0 bridgehead atoms. The fourth-order valence-electron chi connectivity index (χ4n) is 5.05. The van der Waals surface area contributed by atoms with Gasteiger partial charge >= 0.3 is 0 Å². The molecule has 1 atom stereocenters. The fraction of sp³-hybridized carbons (Fsp3) is 0.296. The number of sulfonamides is 1. The number of aryl methyl sites for hydroxylation is 3. The molecule has 170 valence electrons. The van der Waals surface area contributed by atoms with E-state index in [4.69, 9.17) is 0 Å². The average molecular weight is 461 g/mol. The van der Waals surface area contributed by atoms with E-state index in [2.05, 4.69) is 29.0 Å². The zero-order valence-electron chi connectivity index (χ0n) is 18.7. The van der Waals surface area contributed by atoms with Gasteiger partial charge in [-0.05, 0) is 60.6 Å². The van der Waals surface area contributed by atoms with Gasteiger partial charge in [-0.15, -0.1) is 0 Å². The van der Waals surface area contributed by atoms with Crippen LogP contribution in [0.2, 0.25) is 0 Å². The van der Waals surface area contributed by atoms with Crippen LogP contribution in [0, 0.1) is 6.92 Å². The van der Waals surface area contributed by atoms with Crippen LogP contribution in [0.4, 0.5) is 0 Å². The van der Waals surface area contributed by atoms with E-state index in [1.54, 1.807) is 24.3 Å². The number of likely N-dealkylation sites (tertiary alicyclic amines) is 1. The van der Waals surface area contributed by atoms with Crippen molar-refractivity contribution in [1.82, 2.24) is 9.62 Å². The Morgan fingerprint density at radius 1 is 0.818 bits per heavy atom. The van der Waals surface area contributed by atoms with Gasteiger partial charge in [-0.1, -0.05) is 66.2 Å². The van der Waals surface area contributed by atoms with E-state index >= 15 is 0 Å². The van der Waals surface area contributed by atoms with Crippen molar-refractivity contribution in [1.29, 1.82) is 0 Å². The van der Waals surface area contributed by atoms with Gasteiger partial charge in [-0.2, -0.15) is 0 Å². The average Bonchev–Trinajstić information content (AvgIpc) is 2.97. The minimum absolute atomic E-state index is 0.0669. The smallest absolute Gasteiger partial charge is 0.240 e. The molecule has 1 saturated heterocycles. The van der Waals surface area contributed by atoms with Crippen LogP contribution in [0.25, 0.3) is 0 Å². The zero-order chi connectivity index (χ0) is 23.0. The molecule has 1 N–H and O–H groups in total. The summed E-state index contributed by atoms with van der Waals surface area (Å²) in [5, 5.41) is 0. The summed E-state index contributed by atoms with van der Waals surface area (Å²) in [6, 6.07) is 22.9. The summed E-state index contributed by atoms with van der Waals surface area (Å²) in [5.74, 6) is 0.0669. The van der Waals surface area contributed by atoms with Gasteiger partial charge in [-0.25, -0.2) is 13.1 Å². The summed E-state index contributed by atoms with van der Waals surface area (Å²) in [7, 11) is -3.66. The third kappa shape index (κ3) is 4.33. The molecule has 6 heteroatoms. The van der Waals surface area contributed by atoms with E-state index in [1.165, 1.54) is 11.1 Å². The molecule has 0 aromatic heterocycles. The molecule has 3 aromatic rings. The van der Waals surface area contributed by atoms with Crippen molar-refractivity contribution in [3.05, 3.63) is 101 Å². The molecule has 1 aliphatic carbocycles. The van der Waals surface area contributed by atoms with Gasteiger partial charge in [0.25, 0.3) is 0 Å². The third-order valence-corrected chi connectivity index (χ3v) is 8.31. The highest BCUT2D eigenvalue weighted by atomic mass is 32.2. The van der Waals surface area contributed by atoms with Crippen LogP contribution in [0.15, 0.2) is 77.7 Å². The number of rotatable bonds is 4. The molecule has 3 aromatic carbocycles. The van der Waals surface area contributed by atoms with Crippen molar-refractivity contribution < 1.29 is 13.2 Å². The van der Waals surface area contributed by atoms with Crippen LogP contribution >= 0.6 is 0 Å². The van der Waals surface area contributed by atoms with Crippen LogP contribution in [0.3, 0.4) is 0 Å². The number of carbonyl (C=O) groups excluding carboxylic acids is 1. The summed E-state index contributed by atoms with van der Waals surface area (Å²) in [5.41, 5.74) is 5.77. The third-order valence-electron chi connectivity index (χ3n) is 6.77. The minimum Gasteiger partial charge on any atom is -0.330 e.